The van der Waals surface area contributed by atoms with E-state index in [0.29, 0.717) is 11.9 Å². The summed E-state index contributed by atoms with van der Waals surface area (Å²) in [4.78, 5) is 0. The van der Waals surface area contributed by atoms with Gasteiger partial charge in [0.15, 0.2) is 0 Å². The monoisotopic (exact) mass is 363 g/mol. The molecule has 0 bridgehead atoms. The molecule has 2 rings (SSSR count). The van der Waals surface area contributed by atoms with Gasteiger partial charge in [0, 0.05) is 21.0 Å². The molecular weight excluding hydrogens is 357 g/mol. The molecule has 0 radical (unpaired) electrons. The Balaban J connectivity index is 2.20. The summed E-state index contributed by atoms with van der Waals surface area (Å²) >= 11 is 12.8. The number of aromatic nitrogens is 3. The maximum atomic E-state index is 6.12. The molecule has 6 heteroatoms. The Morgan fingerprint density at radius 1 is 1.38 bits per heavy atom. The van der Waals surface area contributed by atoms with Crippen LogP contribution in [-0.2, 0) is 11.9 Å². The highest BCUT2D eigenvalue weighted by atomic mass is 79.9. The van der Waals surface area contributed by atoms with Crippen LogP contribution in [0.4, 0.5) is 0 Å². The summed E-state index contributed by atoms with van der Waals surface area (Å²) in [5.74, 6) is 0. The van der Waals surface area contributed by atoms with E-state index in [9.17, 15) is 0 Å². The van der Waals surface area contributed by atoms with E-state index in [0.717, 1.165) is 20.8 Å². The van der Waals surface area contributed by atoms with Crippen molar-refractivity contribution in [3.8, 4) is 0 Å². The standard InChI is InChI=1S/C10H8Br2ClN3/c11-4-9-6-16(15-14-9)5-7-1-2-8(12)3-10(7)13/h1-3,6H,4-5H2. The van der Waals surface area contributed by atoms with Crippen molar-refractivity contribution in [3.05, 3.63) is 45.1 Å². The highest BCUT2D eigenvalue weighted by Crippen LogP contribution is 2.21. The van der Waals surface area contributed by atoms with Crippen molar-refractivity contribution >= 4 is 43.5 Å². The van der Waals surface area contributed by atoms with Gasteiger partial charge in [-0.3, -0.25) is 0 Å². The predicted molar refractivity (Wildman–Crippen MR) is 70.9 cm³/mol. The first-order valence-corrected chi connectivity index (χ1v) is 6.87. The maximum absolute atomic E-state index is 6.12. The molecule has 16 heavy (non-hydrogen) atoms. The van der Waals surface area contributed by atoms with Crippen molar-refractivity contribution in [2.75, 3.05) is 0 Å². The second-order valence-corrected chi connectivity index (χ2v) is 5.16. The summed E-state index contributed by atoms with van der Waals surface area (Å²) in [6.45, 7) is 0.631. The third-order valence-electron chi connectivity index (χ3n) is 2.07. The van der Waals surface area contributed by atoms with Gasteiger partial charge in [0.05, 0.1) is 12.2 Å². The van der Waals surface area contributed by atoms with E-state index in [1.165, 1.54) is 0 Å². The topological polar surface area (TPSA) is 30.7 Å². The van der Waals surface area contributed by atoms with Crippen LogP contribution < -0.4 is 0 Å². The number of rotatable bonds is 3. The highest BCUT2D eigenvalue weighted by molar-refractivity contribution is 9.10. The summed E-state index contributed by atoms with van der Waals surface area (Å²) in [5, 5.41) is 9.44. The summed E-state index contributed by atoms with van der Waals surface area (Å²) in [6, 6.07) is 5.81. The molecule has 0 fully saturated rings. The summed E-state index contributed by atoms with van der Waals surface area (Å²) < 4.78 is 2.74. The minimum atomic E-state index is 0.631. The van der Waals surface area contributed by atoms with Crippen molar-refractivity contribution < 1.29 is 0 Å². The molecule has 0 unspecified atom stereocenters. The molecule has 84 valence electrons. The van der Waals surface area contributed by atoms with Crippen molar-refractivity contribution in [1.29, 1.82) is 0 Å². The zero-order valence-electron chi connectivity index (χ0n) is 8.20. The van der Waals surface area contributed by atoms with Gasteiger partial charge in [-0.15, -0.1) is 5.10 Å². The minimum Gasteiger partial charge on any atom is -0.248 e. The van der Waals surface area contributed by atoms with Gasteiger partial charge in [0.25, 0.3) is 0 Å². The zero-order chi connectivity index (χ0) is 11.5. The number of halogens is 3. The first kappa shape index (κ1) is 12.1. The van der Waals surface area contributed by atoms with Crippen LogP contribution in [0.5, 0.6) is 0 Å². The Labute approximate surface area is 115 Å². The number of hydrogen-bond donors (Lipinski definition) is 0. The fraction of sp³-hybridized carbons (Fsp3) is 0.200. The first-order chi connectivity index (χ1) is 7.69. The molecule has 0 saturated heterocycles. The molecule has 2 aromatic rings. The van der Waals surface area contributed by atoms with Gasteiger partial charge in [-0.05, 0) is 17.7 Å². The van der Waals surface area contributed by atoms with E-state index in [2.05, 4.69) is 42.2 Å². The number of hydrogen-bond acceptors (Lipinski definition) is 2. The molecule has 0 N–H and O–H groups in total. The molecule has 3 nitrogen and oxygen atoms in total. The minimum absolute atomic E-state index is 0.631. The lowest BCUT2D eigenvalue weighted by Gasteiger charge is -2.04. The molecule has 0 atom stereocenters. The zero-order valence-corrected chi connectivity index (χ0v) is 12.1. The van der Waals surface area contributed by atoms with Crippen LogP contribution in [0.25, 0.3) is 0 Å². The Kier molecular flexibility index (Phi) is 4.00. The summed E-state index contributed by atoms with van der Waals surface area (Å²) in [7, 11) is 0. The Morgan fingerprint density at radius 2 is 2.19 bits per heavy atom. The van der Waals surface area contributed by atoms with E-state index in [-0.39, 0.29) is 0 Å². The summed E-state index contributed by atoms with van der Waals surface area (Å²) in [5.41, 5.74) is 1.93. The summed E-state index contributed by atoms with van der Waals surface area (Å²) in [6.07, 6.45) is 1.90. The molecule has 0 aliphatic rings. The van der Waals surface area contributed by atoms with Crippen LogP contribution in [0, 0.1) is 0 Å². The van der Waals surface area contributed by atoms with Gasteiger partial charge in [-0.2, -0.15) is 0 Å². The molecule has 0 saturated carbocycles. The van der Waals surface area contributed by atoms with E-state index in [1.54, 1.807) is 4.68 Å². The number of alkyl halides is 1. The van der Waals surface area contributed by atoms with Crippen LogP contribution in [-0.4, -0.2) is 15.0 Å². The van der Waals surface area contributed by atoms with Crippen molar-refractivity contribution in [3.63, 3.8) is 0 Å². The average Bonchev–Trinajstić information content (AvgIpc) is 2.70. The molecule has 0 aliphatic carbocycles. The van der Waals surface area contributed by atoms with Crippen LogP contribution in [0.3, 0.4) is 0 Å². The second kappa shape index (κ2) is 5.29. The fourth-order valence-corrected chi connectivity index (χ4v) is 2.29. The van der Waals surface area contributed by atoms with Gasteiger partial charge in [0.1, 0.15) is 0 Å². The molecule has 1 heterocycles. The van der Waals surface area contributed by atoms with Crippen LogP contribution in [0.2, 0.25) is 5.02 Å². The Bertz CT molecular complexity index is 499. The highest BCUT2D eigenvalue weighted by Gasteiger charge is 2.04. The molecule has 0 amide bonds. The van der Waals surface area contributed by atoms with Crippen LogP contribution in [0.1, 0.15) is 11.3 Å². The largest absolute Gasteiger partial charge is 0.248 e. The van der Waals surface area contributed by atoms with Crippen molar-refractivity contribution in [2.45, 2.75) is 11.9 Å². The number of benzene rings is 1. The third-order valence-corrected chi connectivity index (χ3v) is 3.49. The van der Waals surface area contributed by atoms with Gasteiger partial charge < -0.3 is 0 Å². The predicted octanol–water partition coefficient (Wildman–Crippen LogP) is 3.64. The maximum Gasteiger partial charge on any atom is 0.0932 e. The van der Waals surface area contributed by atoms with E-state index < -0.39 is 0 Å². The molecule has 1 aromatic heterocycles. The lowest BCUT2D eigenvalue weighted by molar-refractivity contribution is 0.649. The van der Waals surface area contributed by atoms with Gasteiger partial charge in [-0.1, -0.05) is 54.7 Å². The second-order valence-electron chi connectivity index (χ2n) is 3.28. The average molecular weight is 365 g/mol. The van der Waals surface area contributed by atoms with Crippen LogP contribution in [0.15, 0.2) is 28.9 Å². The van der Waals surface area contributed by atoms with Crippen molar-refractivity contribution in [2.24, 2.45) is 0 Å². The van der Waals surface area contributed by atoms with E-state index in [1.807, 2.05) is 24.4 Å². The third kappa shape index (κ3) is 2.84. The molecule has 0 spiro atoms. The Morgan fingerprint density at radius 3 is 2.81 bits per heavy atom. The fourth-order valence-electron chi connectivity index (χ4n) is 1.30. The lowest BCUT2D eigenvalue weighted by atomic mass is 10.2. The molecule has 0 aliphatic heterocycles. The SMILES string of the molecule is Clc1cc(Br)ccc1Cn1cc(CBr)nn1. The smallest absolute Gasteiger partial charge is 0.0932 e. The first-order valence-electron chi connectivity index (χ1n) is 4.58. The lowest BCUT2D eigenvalue weighted by Crippen LogP contribution is -2.01. The molecule has 1 aromatic carbocycles. The van der Waals surface area contributed by atoms with Gasteiger partial charge in [-0.25, -0.2) is 4.68 Å². The van der Waals surface area contributed by atoms with E-state index in [4.69, 9.17) is 11.6 Å². The van der Waals surface area contributed by atoms with E-state index >= 15 is 0 Å². The van der Waals surface area contributed by atoms with Crippen LogP contribution >= 0.6 is 43.5 Å². The normalized spacial score (nSPS) is 10.7. The Hall–Kier alpha value is -0.390. The number of nitrogens with zero attached hydrogens (tertiary/aromatic N) is 3. The quantitative estimate of drug-likeness (QED) is 0.778. The molecular formula is C10H8Br2ClN3. The van der Waals surface area contributed by atoms with Gasteiger partial charge >= 0.3 is 0 Å². The van der Waals surface area contributed by atoms with Crippen molar-refractivity contribution in [1.82, 2.24) is 15.0 Å². The van der Waals surface area contributed by atoms with Gasteiger partial charge in [0.2, 0.25) is 0 Å².